The molecule has 0 fully saturated rings. The highest BCUT2D eigenvalue weighted by Crippen LogP contribution is 2.36. The number of thioether (sulfide) groups is 1. The number of ether oxygens (including phenoxy) is 2. The van der Waals surface area contributed by atoms with Gasteiger partial charge in [-0.05, 0) is 34.7 Å². The number of benzene rings is 2. The first-order valence-electron chi connectivity index (χ1n) is 9.71. The highest BCUT2D eigenvalue weighted by Gasteiger charge is 2.28. The number of hydrogen-bond donors (Lipinski definition) is 0. The molecular weight excluding hydrogens is 414 g/mol. The van der Waals surface area contributed by atoms with E-state index in [1.54, 1.807) is 4.68 Å². The van der Waals surface area contributed by atoms with E-state index in [1.807, 2.05) is 65.2 Å². The van der Waals surface area contributed by atoms with Gasteiger partial charge in [0, 0.05) is 6.54 Å². The van der Waals surface area contributed by atoms with Crippen molar-refractivity contribution in [2.45, 2.75) is 23.6 Å². The highest BCUT2D eigenvalue weighted by molar-refractivity contribution is 7.98. The van der Waals surface area contributed by atoms with Gasteiger partial charge in [-0.2, -0.15) is 4.68 Å². The molecule has 0 radical (unpaired) electrons. The van der Waals surface area contributed by atoms with Gasteiger partial charge in [-0.3, -0.25) is 4.57 Å². The molecule has 9 nitrogen and oxygen atoms in total. The molecule has 1 atom stereocenters. The summed E-state index contributed by atoms with van der Waals surface area (Å²) >= 11 is 1.51. The third-order valence-electron chi connectivity index (χ3n) is 4.72. The topological polar surface area (TPSA) is 92.8 Å². The summed E-state index contributed by atoms with van der Waals surface area (Å²) in [7, 11) is 0. The Balaban J connectivity index is 1.36. The molecule has 156 valence electrons. The molecule has 5 rings (SSSR count). The summed E-state index contributed by atoms with van der Waals surface area (Å²) < 4.78 is 15.7. The van der Waals surface area contributed by atoms with Crippen molar-refractivity contribution in [3.8, 4) is 17.2 Å². The van der Waals surface area contributed by atoms with Gasteiger partial charge in [0.25, 0.3) is 0 Å². The molecule has 0 saturated carbocycles. The lowest BCUT2D eigenvalue weighted by Crippen LogP contribution is -2.25. The van der Waals surface area contributed by atoms with Crippen molar-refractivity contribution in [3.05, 3.63) is 78.9 Å². The molecule has 2 aromatic carbocycles. The van der Waals surface area contributed by atoms with Crippen LogP contribution in [0.2, 0.25) is 0 Å². The normalized spacial score (nSPS) is 15.0. The van der Waals surface area contributed by atoms with Crippen LogP contribution in [-0.4, -0.2) is 41.6 Å². The minimum atomic E-state index is -0.355. The Morgan fingerprint density at radius 2 is 1.84 bits per heavy atom. The Morgan fingerprint density at radius 1 is 1.03 bits per heavy atom. The van der Waals surface area contributed by atoms with Gasteiger partial charge in [-0.1, -0.05) is 48.2 Å². The minimum Gasteiger partial charge on any atom is -0.485 e. The lowest BCUT2D eigenvalue weighted by atomic mass is 10.2. The summed E-state index contributed by atoms with van der Waals surface area (Å²) in [5.41, 5.74) is 0.905. The lowest BCUT2D eigenvalue weighted by Gasteiger charge is -2.26. The number of fused-ring (bicyclic) bond motifs is 1. The Kier molecular flexibility index (Phi) is 5.36. The van der Waals surface area contributed by atoms with E-state index < -0.39 is 0 Å². The molecule has 1 aliphatic rings. The van der Waals surface area contributed by atoms with Crippen LogP contribution in [0.1, 0.15) is 17.8 Å². The van der Waals surface area contributed by atoms with Gasteiger partial charge in [0.1, 0.15) is 6.61 Å². The number of allylic oxidation sites excluding steroid dienone is 1. The Labute approximate surface area is 182 Å². The van der Waals surface area contributed by atoms with Gasteiger partial charge in [0.05, 0.1) is 11.4 Å². The fraction of sp³-hybridized carbons (Fsp3) is 0.190. The number of tetrazole rings is 1. The van der Waals surface area contributed by atoms with Gasteiger partial charge in [-0.15, -0.1) is 21.9 Å². The average Bonchev–Trinajstić information content (AvgIpc) is 3.45. The van der Waals surface area contributed by atoms with E-state index in [1.165, 1.54) is 11.8 Å². The van der Waals surface area contributed by atoms with Gasteiger partial charge < -0.3 is 9.47 Å². The number of aromatic nitrogens is 7. The van der Waals surface area contributed by atoms with Crippen LogP contribution in [0.5, 0.6) is 11.5 Å². The zero-order valence-electron chi connectivity index (χ0n) is 16.5. The van der Waals surface area contributed by atoms with Crippen molar-refractivity contribution < 1.29 is 9.47 Å². The van der Waals surface area contributed by atoms with Crippen molar-refractivity contribution in [2.24, 2.45) is 0 Å². The second-order valence-corrected chi connectivity index (χ2v) is 7.68. The van der Waals surface area contributed by atoms with E-state index in [0.29, 0.717) is 30.5 Å². The van der Waals surface area contributed by atoms with Gasteiger partial charge in [0.2, 0.25) is 0 Å². The Morgan fingerprint density at radius 3 is 2.68 bits per heavy atom. The largest absolute Gasteiger partial charge is 0.485 e. The number of hydrogen-bond acceptors (Lipinski definition) is 8. The third kappa shape index (κ3) is 3.89. The van der Waals surface area contributed by atoms with E-state index in [4.69, 9.17) is 9.47 Å². The predicted molar refractivity (Wildman–Crippen MR) is 114 cm³/mol. The SMILES string of the molecule is C=CCn1c(SCc2nnnn2-c2ccccc2)nnc1[C@@H]1COc2ccccc2O1. The monoisotopic (exact) mass is 433 g/mol. The number of nitrogens with zero attached hydrogens (tertiary/aromatic N) is 7. The molecule has 0 amide bonds. The maximum Gasteiger partial charge on any atom is 0.192 e. The van der Waals surface area contributed by atoms with E-state index in [-0.39, 0.29) is 6.10 Å². The zero-order valence-corrected chi connectivity index (χ0v) is 17.4. The fourth-order valence-electron chi connectivity index (χ4n) is 3.29. The average molecular weight is 433 g/mol. The van der Waals surface area contributed by atoms with Crippen LogP contribution in [0.4, 0.5) is 0 Å². The van der Waals surface area contributed by atoms with E-state index in [9.17, 15) is 0 Å². The van der Waals surface area contributed by atoms with Crippen molar-refractivity contribution in [1.29, 1.82) is 0 Å². The summed E-state index contributed by atoms with van der Waals surface area (Å²) in [6.45, 7) is 4.78. The standard InChI is InChI=1S/C21H19N7O2S/c1-2-12-27-20(18-13-29-16-10-6-7-11-17(16)30-18)23-24-21(27)31-14-19-22-25-26-28(19)15-8-4-3-5-9-15/h2-11,18H,1,12-14H2/t18-/m0/s1. The lowest BCUT2D eigenvalue weighted by molar-refractivity contribution is 0.0821. The van der Waals surface area contributed by atoms with Gasteiger partial charge in [0.15, 0.2) is 34.4 Å². The molecule has 1 aliphatic heterocycles. The van der Waals surface area contributed by atoms with Crippen LogP contribution in [0.25, 0.3) is 5.69 Å². The van der Waals surface area contributed by atoms with Crippen molar-refractivity contribution in [1.82, 2.24) is 35.0 Å². The molecule has 0 aliphatic carbocycles. The zero-order chi connectivity index (χ0) is 21.0. The molecule has 4 aromatic rings. The fourth-order valence-corrected chi connectivity index (χ4v) is 4.15. The maximum atomic E-state index is 6.12. The van der Waals surface area contributed by atoms with Crippen LogP contribution >= 0.6 is 11.8 Å². The summed E-state index contributed by atoms with van der Waals surface area (Å²) in [6, 6.07) is 17.4. The molecule has 0 saturated heterocycles. The molecule has 3 heterocycles. The molecule has 10 heteroatoms. The number of rotatable bonds is 7. The minimum absolute atomic E-state index is 0.355. The molecule has 0 bridgehead atoms. The molecule has 0 spiro atoms. The first kappa shape index (κ1) is 19.3. The van der Waals surface area contributed by atoms with Gasteiger partial charge in [-0.25, -0.2) is 0 Å². The molecule has 2 aromatic heterocycles. The van der Waals surface area contributed by atoms with Crippen LogP contribution in [0, 0.1) is 0 Å². The Hall–Kier alpha value is -3.66. The molecule has 0 N–H and O–H groups in total. The van der Waals surface area contributed by atoms with E-state index >= 15 is 0 Å². The van der Waals surface area contributed by atoms with Crippen molar-refractivity contribution in [2.75, 3.05) is 6.61 Å². The quantitative estimate of drug-likeness (QED) is 0.324. The first-order chi connectivity index (χ1) is 15.3. The third-order valence-corrected chi connectivity index (χ3v) is 5.68. The summed E-state index contributed by atoms with van der Waals surface area (Å²) in [4.78, 5) is 0. The smallest absolute Gasteiger partial charge is 0.192 e. The molecular formula is C21H19N7O2S. The van der Waals surface area contributed by atoms with Crippen molar-refractivity contribution in [3.63, 3.8) is 0 Å². The Bertz CT molecular complexity index is 1190. The van der Waals surface area contributed by atoms with Crippen LogP contribution < -0.4 is 9.47 Å². The summed E-state index contributed by atoms with van der Waals surface area (Å²) in [6.07, 6.45) is 1.45. The second-order valence-electron chi connectivity index (χ2n) is 6.74. The van der Waals surface area contributed by atoms with E-state index in [0.717, 1.165) is 22.4 Å². The summed E-state index contributed by atoms with van der Waals surface area (Å²) in [5.74, 6) is 3.37. The van der Waals surface area contributed by atoms with Crippen molar-refractivity contribution >= 4 is 11.8 Å². The highest BCUT2D eigenvalue weighted by atomic mass is 32.2. The number of para-hydroxylation sites is 3. The van der Waals surface area contributed by atoms with Crippen LogP contribution in [0.3, 0.4) is 0 Å². The molecule has 31 heavy (non-hydrogen) atoms. The van der Waals surface area contributed by atoms with Gasteiger partial charge >= 0.3 is 0 Å². The first-order valence-corrected chi connectivity index (χ1v) is 10.7. The predicted octanol–water partition coefficient (Wildman–Crippen LogP) is 3.24. The van der Waals surface area contributed by atoms with Crippen LogP contribution in [-0.2, 0) is 12.3 Å². The van der Waals surface area contributed by atoms with Crippen LogP contribution in [0.15, 0.2) is 72.4 Å². The van der Waals surface area contributed by atoms with E-state index in [2.05, 4.69) is 32.3 Å². The summed E-state index contributed by atoms with van der Waals surface area (Å²) in [5, 5.41) is 21.6. The maximum absolute atomic E-state index is 6.12. The second kappa shape index (κ2) is 8.60. The molecule has 0 unspecified atom stereocenters.